The third kappa shape index (κ3) is 1.98. The fraction of sp³-hybridized carbons (Fsp3) is 0.400. The first-order valence-electron chi connectivity index (χ1n) is 4.72. The van der Waals surface area contributed by atoms with E-state index in [-0.39, 0.29) is 11.5 Å². The van der Waals surface area contributed by atoms with Crippen molar-refractivity contribution in [2.75, 3.05) is 13.1 Å². The van der Waals surface area contributed by atoms with Gasteiger partial charge in [0.25, 0.3) is 0 Å². The molecule has 1 aliphatic heterocycles. The minimum atomic E-state index is -1.14. The molecule has 2 rings (SSSR count). The molecule has 1 aromatic rings. The number of rotatable bonds is 1. The molecule has 1 atom stereocenters. The number of hydrogen-bond acceptors (Lipinski definition) is 2. The topological polar surface area (TPSA) is 29.3 Å². The molecule has 0 radical (unpaired) electrons. The van der Waals surface area contributed by atoms with E-state index in [0.29, 0.717) is 25.6 Å². The molecule has 0 aromatic heterocycles. The summed E-state index contributed by atoms with van der Waals surface area (Å²) in [4.78, 5) is 0. The van der Waals surface area contributed by atoms with Crippen LogP contribution in [-0.4, -0.2) is 18.1 Å². The third-order valence-electron chi connectivity index (χ3n) is 2.68. The second-order valence-electron chi connectivity index (χ2n) is 3.77. The van der Waals surface area contributed by atoms with Crippen LogP contribution in [0.5, 0.6) is 0 Å². The Labute approximate surface area is 85.5 Å². The van der Waals surface area contributed by atoms with Gasteiger partial charge in [-0.1, -0.05) is 0 Å². The van der Waals surface area contributed by atoms with Crippen LogP contribution in [0.15, 0.2) is 12.1 Å². The Balaban J connectivity index is 2.35. The second kappa shape index (κ2) is 3.83. The quantitative estimate of drug-likeness (QED) is 0.572. The number of hydrazine groups is 1. The van der Waals surface area contributed by atoms with E-state index in [2.05, 4.69) is 0 Å². The molecule has 2 N–H and O–H groups in total. The molecular formula is C10H11F3N2. The average Bonchev–Trinajstić information content (AvgIpc) is 2.58. The highest BCUT2D eigenvalue weighted by atomic mass is 19.2. The van der Waals surface area contributed by atoms with E-state index in [1.807, 2.05) is 0 Å². The Morgan fingerprint density at radius 2 is 2.00 bits per heavy atom. The Morgan fingerprint density at radius 1 is 1.27 bits per heavy atom. The lowest BCUT2D eigenvalue weighted by Crippen LogP contribution is -2.27. The molecule has 1 aliphatic rings. The zero-order valence-electron chi connectivity index (χ0n) is 8.01. The highest BCUT2D eigenvalue weighted by Crippen LogP contribution is 2.29. The lowest BCUT2D eigenvalue weighted by atomic mass is 9.97. The molecule has 15 heavy (non-hydrogen) atoms. The van der Waals surface area contributed by atoms with Crippen LogP contribution in [0.2, 0.25) is 0 Å². The molecule has 0 spiro atoms. The first-order chi connectivity index (χ1) is 7.08. The molecule has 82 valence electrons. The van der Waals surface area contributed by atoms with Crippen molar-refractivity contribution in [3.05, 3.63) is 35.1 Å². The summed E-state index contributed by atoms with van der Waals surface area (Å²) >= 11 is 0. The van der Waals surface area contributed by atoms with Crippen molar-refractivity contribution in [3.63, 3.8) is 0 Å². The van der Waals surface area contributed by atoms with E-state index >= 15 is 0 Å². The summed E-state index contributed by atoms with van der Waals surface area (Å²) in [6.07, 6.45) is 0.621. The van der Waals surface area contributed by atoms with Crippen LogP contribution in [0.3, 0.4) is 0 Å². The van der Waals surface area contributed by atoms with Gasteiger partial charge < -0.3 is 0 Å². The van der Waals surface area contributed by atoms with E-state index in [1.54, 1.807) is 0 Å². The van der Waals surface area contributed by atoms with Crippen LogP contribution in [0.4, 0.5) is 13.2 Å². The summed E-state index contributed by atoms with van der Waals surface area (Å²) in [6, 6.07) is 1.59. The van der Waals surface area contributed by atoms with Crippen molar-refractivity contribution >= 4 is 0 Å². The predicted molar refractivity (Wildman–Crippen MR) is 49.4 cm³/mol. The van der Waals surface area contributed by atoms with Crippen molar-refractivity contribution in [3.8, 4) is 0 Å². The average molecular weight is 216 g/mol. The Morgan fingerprint density at radius 3 is 2.60 bits per heavy atom. The molecule has 5 heteroatoms. The standard InChI is InChI=1S/C10H11F3N2/c11-7-3-8(10(13)9(12)4-7)6-1-2-15(14)5-6/h3-4,6H,1-2,5,14H2. The summed E-state index contributed by atoms with van der Waals surface area (Å²) in [6.45, 7) is 1.04. The van der Waals surface area contributed by atoms with Crippen molar-refractivity contribution < 1.29 is 13.2 Å². The largest absolute Gasteiger partial charge is 0.269 e. The molecule has 2 nitrogen and oxygen atoms in total. The van der Waals surface area contributed by atoms with Gasteiger partial charge in [0.15, 0.2) is 11.6 Å². The normalized spacial score (nSPS) is 22.3. The van der Waals surface area contributed by atoms with Crippen LogP contribution in [0, 0.1) is 17.5 Å². The molecule has 1 aromatic carbocycles. The second-order valence-corrected chi connectivity index (χ2v) is 3.77. The molecule has 1 fully saturated rings. The number of nitrogens with two attached hydrogens (primary N) is 1. The van der Waals surface area contributed by atoms with Gasteiger partial charge in [0.05, 0.1) is 0 Å². The summed E-state index contributed by atoms with van der Waals surface area (Å²) in [5.74, 6) is 2.44. The van der Waals surface area contributed by atoms with Crippen LogP contribution in [0.1, 0.15) is 17.9 Å². The Kier molecular flexibility index (Phi) is 2.67. The molecular weight excluding hydrogens is 205 g/mol. The van der Waals surface area contributed by atoms with Gasteiger partial charge in [-0.15, -0.1) is 0 Å². The van der Waals surface area contributed by atoms with Crippen LogP contribution >= 0.6 is 0 Å². The first-order valence-corrected chi connectivity index (χ1v) is 4.72. The Bertz CT molecular complexity index is 381. The fourth-order valence-electron chi connectivity index (χ4n) is 1.91. The Hall–Kier alpha value is -1.07. The van der Waals surface area contributed by atoms with Crippen molar-refractivity contribution in [2.24, 2.45) is 5.84 Å². The van der Waals surface area contributed by atoms with Crippen LogP contribution in [-0.2, 0) is 0 Å². The minimum absolute atomic E-state index is 0.0838. The van der Waals surface area contributed by atoms with E-state index < -0.39 is 17.5 Å². The lowest BCUT2D eigenvalue weighted by Gasteiger charge is -2.12. The molecule has 1 heterocycles. The first kappa shape index (κ1) is 10.4. The maximum absolute atomic E-state index is 13.4. The lowest BCUT2D eigenvalue weighted by molar-refractivity contribution is 0.348. The van der Waals surface area contributed by atoms with Crippen LogP contribution in [0.25, 0.3) is 0 Å². The molecule has 0 amide bonds. The monoisotopic (exact) mass is 216 g/mol. The van der Waals surface area contributed by atoms with Crippen molar-refractivity contribution in [1.82, 2.24) is 5.01 Å². The fourth-order valence-corrected chi connectivity index (χ4v) is 1.91. The van der Waals surface area contributed by atoms with Crippen molar-refractivity contribution in [1.29, 1.82) is 0 Å². The summed E-state index contributed by atoms with van der Waals surface area (Å²) in [5, 5.41) is 1.52. The summed E-state index contributed by atoms with van der Waals surface area (Å²) in [7, 11) is 0. The van der Waals surface area contributed by atoms with Gasteiger partial charge in [-0.25, -0.2) is 18.2 Å². The van der Waals surface area contributed by atoms with Gasteiger partial charge >= 0.3 is 0 Å². The highest BCUT2D eigenvalue weighted by molar-refractivity contribution is 5.25. The summed E-state index contributed by atoms with van der Waals surface area (Å²) in [5.41, 5.74) is 0.0838. The molecule has 1 saturated heterocycles. The molecule has 0 saturated carbocycles. The molecule has 1 unspecified atom stereocenters. The predicted octanol–water partition coefficient (Wildman–Crippen LogP) is 1.77. The van der Waals surface area contributed by atoms with Gasteiger partial charge in [0.2, 0.25) is 0 Å². The minimum Gasteiger partial charge on any atom is -0.269 e. The van der Waals surface area contributed by atoms with Gasteiger partial charge in [0.1, 0.15) is 5.82 Å². The van der Waals surface area contributed by atoms with E-state index in [0.717, 1.165) is 6.07 Å². The van der Waals surface area contributed by atoms with E-state index in [9.17, 15) is 13.2 Å². The van der Waals surface area contributed by atoms with Crippen LogP contribution < -0.4 is 5.84 Å². The van der Waals surface area contributed by atoms with E-state index in [4.69, 9.17) is 5.84 Å². The number of nitrogens with zero attached hydrogens (tertiary/aromatic N) is 1. The third-order valence-corrected chi connectivity index (χ3v) is 2.68. The maximum Gasteiger partial charge on any atom is 0.162 e. The summed E-state index contributed by atoms with van der Waals surface area (Å²) < 4.78 is 39.2. The maximum atomic E-state index is 13.4. The van der Waals surface area contributed by atoms with Gasteiger partial charge in [0, 0.05) is 25.1 Å². The van der Waals surface area contributed by atoms with Gasteiger partial charge in [-0.05, 0) is 18.1 Å². The van der Waals surface area contributed by atoms with Gasteiger partial charge in [-0.3, -0.25) is 5.84 Å². The smallest absolute Gasteiger partial charge is 0.162 e. The number of benzene rings is 1. The zero-order valence-corrected chi connectivity index (χ0v) is 8.01. The van der Waals surface area contributed by atoms with Gasteiger partial charge in [-0.2, -0.15) is 0 Å². The van der Waals surface area contributed by atoms with Crippen molar-refractivity contribution in [2.45, 2.75) is 12.3 Å². The number of halogens is 3. The molecule has 0 aliphatic carbocycles. The molecule has 0 bridgehead atoms. The SMILES string of the molecule is NN1CCC(c2cc(F)cc(F)c2F)C1. The highest BCUT2D eigenvalue weighted by Gasteiger charge is 2.26. The zero-order chi connectivity index (χ0) is 11.0. The number of hydrogen-bond donors (Lipinski definition) is 1. The van der Waals surface area contributed by atoms with E-state index in [1.165, 1.54) is 5.01 Å².